The average Bonchev–Trinajstić information content (AvgIpc) is 3.53. The number of benzene rings is 2. The molecule has 0 radical (unpaired) electrons. The summed E-state index contributed by atoms with van der Waals surface area (Å²) in [4.78, 5) is 25.9. The fraction of sp³-hybridized carbons (Fsp3) is 0.393. The van der Waals surface area contributed by atoms with Crippen LogP contribution in [0, 0.1) is 5.82 Å². The molecule has 2 aromatic carbocycles. The highest BCUT2D eigenvalue weighted by Crippen LogP contribution is 2.32. The number of halogens is 2. The molecule has 3 heterocycles. The largest absolute Gasteiger partial charge is 0.390 e. The Kier molecular flexibility index (Phi) is 8.68. The van der Waals surface area contributed by atoms with Crippen molar-refractivity contribution in [3.8, 4) is 11.3 Å². The van der Waals surface area contributed by atoms with Crippen molar-refractivity contribution in [2.24, 2.45) is 0 Å². The number of alkyl halides is 1. The first kappa shape index (κ1) is 29.8. The Hall–Kier alpha value is -3.72. The van der Waals surface area contributed by atoms with Crippen molar-refractivity contribution in [2.75, 3.05) is 32.6 Å². The highest BCUT2D eigenvalue weighted by Gasteiger charge is 2.31. The van der Waals surface area contributed by atoms with Gasteiger partial charge in [0.15, 0.2) is 0 Å². The monoisotopic (exact) mass is 602 g/mol. The molecule has 3 N–H and O–H groups in total. The first-order chi connectivity index (χ1) is 20.0. The van der Waals surface area contributed by atoms with E-state index in [0.717, 1.165) is 11.9 Å². The second-order valence-corrected chi connectivity index (χ2v) is 12.5. The summed E-state index contributed by atoms with van der Waals surface area (Å²) in [7, 11) is -3.49. The number of aromatic nitrogens is 2. The summed E-state index contributed by atoms with van der Waals surface area (Å²) in [5.41, 5.74) is 3.72. The number of carbonyl (C=O) groups is 2. The van der Waals surface area contributed by atoms with Crippen LogP contribution in [-0.2, 0) is 47.5 Å². The molecule has 224 valence electrons. The van der Waals surface area contributed by atoms with Gasteiger partial charge < -0.3 is 15.7 Å². The molecule has 14 heteroatoms. The van der Waals surface area contributed by atoms with E-state index in [0.29, 0.717) is 41.0 Å². The van der Waals surface area contributed by atoms with Gasteiger partial charge in [-0.2, -0.15) is 9.40 Å². The third kappa shape index (κ3) is 6.67. The van der Waals surface area contributed by atoms with Crippen LogP contribution >= 0.6 is 0 Å². The van der Waals surface area contributed by atoms with Gasteiger partial charge in [-0.15, -0.1) is 0 Å². The number of amides is 2. The molecule has 0 spiro atoms. The van der Waals surface area contributed by atoms with Gasteiger partial charge >= 0.3 is 0 Å². The number of β-amino-alcohol motifs (C(OH)–C–C–N with tert-alkyl or cyclic N) is 1. The van der Waals surface area contributed by atoms with Crippen LogP contribution in [0.15, 0.2) is 42.5 Å². The summed E-state index contributed by atoms with van der Waals surface area (Å²) in [6.07, 6.45) is 0.693. The van der Waals surface area contributed by atoms with Crippen LogP contribution in [0.5, 0.6) is 0 Å². The predicted octanol–water partition coefficient (Wildman–Crippen LogP) is 1.16. The Bertz CT molecular complexity index is 1590. The minimum absolute atomic E-state index is 0.00295. The lowest BCUT2D eigenvalue weighted by molar-refractivity contribution is -0.118. The number of aliphatic hydroxyl groups is 1. The summed E-state index contributed by atoms with van der Waals surface area (Å²) in [5.74, 6) is -1.02. The number of fused-ring (bicyclic) bond motifs is 1. The zero-order chi connectivity index (χ0) is 30.0. The summed E-state index contributed by atoms with van der Waals surface area (Å²) < 4.78 is 55.0. The van der Waals surface area contributed by atoms with Gasteiger partial charge in [-0.05, 0) is 41.5 Å². The molecular formula is C28H32F2N6O5S. The highest BCUT2D eigenvalue weighted by atomic mass is 32.2. The number of hydrogen-bond donors (Lipinski definition) is 3. The number of nitrogens with one attached hydrogen (secondary N) is 2. The average molecular weight is 603 g/mol. The molecule has 5 rings (SSSR count). The van der Waals surface area contributed by atoms with Gasteiger partial charge in [0.05, 0.1) is 37.8 Å². The quantitative estimate of drug-likeness (QED) is 0.317. The van der Waals surface area contributed by atoms with E-state index in [2.05, 4.69) is 10.6 Å². The molecule has 1 unspecified atom stereocenters. The maximum atomic E-state index is 13.9. The first-order valence-corrected chi connectivity index (χ1v) is 15.3. The van der Waals surface area contributed by atoms with Crippen molar-refractivity contribution in [2.45, 2.75) is 38.8 Å². The molecule has 2 amide bonds. The van der Waals surface area contributed by atoms with E-state index in [4.69, 9.17) is 5.10 Å². The van der Waals surface area contributed by atoms with Gasteiger partial charge in [0.2, 0.25) is 15.9 Å². The molecule has 3 aromatic rings. The van der Waals surface area contributed by atoms with E-state index in [1.807, 2.05) is 0 Å². The number of aliphatic hydroxyl groups excluding tert-OH is 1. The molecule has 2 aliphatic rings. The van der Waals surface area contributed by atoms with Gasteiger partial charge in [0.25, 0.3) is 5.91 Å². The Morgan fingerprint density at radius 2 is 1.90 bits per heavy atom. The van der Waals surface area contributed by atoms with Crippen LogP contribution in [0.3, 0.4) is 0 Å². The standard InChI is InChI=1S/C28H32F2N6O5S/c1-42(40,41)35-9-8-25-24(15-35)27(33-36(25)14-23(37)13-34-16-26(38)32-17-34)19-2-3-20(11-29)21(10-19)12-31-28(39)18-4-6-22(30)7-5-18/h2-7,10,23,37H,8-9,11-17H2,1H3,(H,31,39)(H,32,38). The SMILES string of the molecule is CS(=O)(=O)N1CCc2c(c(-c3ccc(CF)c(CNC(=O)c4ccc(F)cc4)c3)nn2CC(O)CN2CNC(=O)C2)C1. The Labute approximate surface area is 242 Å². The molecule has 0 bridgehead atoms. The zero-order valence-corrected chi connectivity index (χ0v) is 23.8. The molecule has 1 saturated heterocycles. The van der Waals surface area contributed by atoms with Crippen molar-refractivity contribution in [1.29, 1.82) is 0 Å². The van der Waals surface area contributed by atoms with Crippen LogP contribution in [0.2, 0.25) is 0 Å². The van der Waals surface area contributed by atoms with Crippen LogP contribution in [0.1, 0.15) is 32.7 Å². The van der Waals surface area contributed by atoms with Crippen LogP contribution in [0.4, 0.5) is 8.78 Å². The second kappa shape index (κ2) is 12.3. The number of nitrogens with zero attached hydrogens (tertiary/aromatic N) is 4. The third-order valence-electron chi connectivity index (χ3n) is 7.46. The Morgan fingerprint density at radius 1 is 1.14 bits per heavy atom. The second-order valence-electron chi connectivity index (χ2n) is 10.5. The van der Waals surface area contributed by atoms with Gasteiger partial charge in [0.1, 0.15) is 12.5 Å². The number of hydrogen-bond acceptors (Lipinski definition) is 7. The maximum absolute atomic E-state index is 13.9. The molecule has 42 heavy (non-hydrogen) atoms. The molecule has 1 aromatic heterocycles. The van der Waals surface area contributed by atoms with Crippen molar-refractivity contribution >= 4 is 21.8 Å². The molecule has 2 aliphatic heterocycles. The normalized spacial score (nSPS) is 16.7. The number of carbonyl (C=O) groups excluding carboxylic acids is 2. The van der Waals surface area contributed by atoms with E-state index in [1.165, 1.54) is 28.6 Å². The number of sulfonamides is 1. The summed E-state index contributed by atoms with van der Waals surface area (Å²) in [6.45, 7) is 0.522. The van der Waals surface area contributed by atoms with Crippen LogP contribution < -0.4 is 10.6 Å². The summed E-state index contributed by atoms with van der Waals surface area (Å²) in [6, 6.07) is 10.1. The molecule has 0 aliphatic carbocycles. The molecule has 1 atom stereocenters. The zero-order valence-electron chi connectivity index (χ0n) is 23.0. The minimum Gasteiger partial charge on any atom is -0.390 e. The molecular weight excluding hydrogens is 570 g/mol. The summed E-state index contributed by atoms with van der Waals surface area (Å²) in [5, 5.41) is 21.0. The van der Waals surface area contributed by atoms with Gasteiger partial charge in [-0.3, -0.25) is 19.2 Å². The highest BCUT2D eigenvalue weighted by molar-refractivity contribution is 7.88. The lowest BCUT2D eigenvalue weighted by Crippen LogP contribution is -2.37. The lowest BCUT2D eigenvalue weighted by atomic mass is 9.98. The predicted molar refractivity (Wildman–Crippen MR) is 150 cm³/mol. The van der Waals surface area contributed by atoms with Crippen LogP contribution in [0.25, 0.3) is 11.3 Å². The third-order valence-corrected chi connectivity index (χ3v) is 8.71. The van der Waals surface area contributed by atoms with E-state index < -0.39 is 34.5 Å². The van der Waals surface area contributed by atoms with E-state index in [9.17, 15) is 31.9 Å². The summed E-state index contributed by atoms with van der Waals surface area (Å²) >= 11 is 0. The fourth-order valence-electron chi connectivity index (χ4n) is 5.28. The van der Waals surface area contributed by atoms with Gasteiger partial charge in [0, 0.05) is 55.0 Å². The van der Waals surface area contributed by atoms with Crippen molar-refractivity contribution in [3.05, 3.63) is 76.2 Å². The number of rotatable bonds is 10. The van der Waals surface area contributed by atoms with E-state index >= 15 is 0 Å². The van der Waals surface area contributed by atoms with Crippen molar-refractivity contribution in [1.82, 2.24) is 29.6 Å². The van der Waals surface area contributed by atoms with E-state index in [-0.39, 0.29) is 50.7 Å². The van der Waals surface area contributed by atoms with E-state index in [1.54, 1.807) is 27.8 Å². The maximum Gasteiger partial charge on any atom is 0.251 e. The van der Waals surface area contributed by atoms with Crippen LogP contribution in [-0.4, -0.2) is 83.0 Å². The topological polar surface area (TPSA) is 137 Å². The van der Waals surface area contributed by atoms with Gasteiger partial charge in [-0.25, -0.2) is 17.2 Å². The van der Waals surface area contributed by atoms with Crippen molar-refractivity contribution in [3.63, 3.8) is 0 Å². The molecule has 0 saturated carbocycles. The molecule has 11 nitrogen and oxygen atoms in total. The van der Waals surface area contributed by atoms with Gasteiger partial charge in [-0.1, -0.05) is 12.1 Å². The fourth-order valence-corrected chi connectivity index (χ4v) is 6.06. The first-order valence-electron chi connectivity index (χ1n) is 13.4. The van der Waals surface area contributed by atoms with Crippen molar-refractivity contribution < 1.29 is 31.9 Å². The minimum atomic E-state index is -3.49. The Morgan fingerprint density at radius 3 is 2.57 bits per heavy atom. The Balaban J connectivity index is 1.43. The smallest absolute Gasteiger partial charge is 0.251 e. The molecule has 1 fully saturated rings. The lowest BCUT2D eigenvalue weighted by Gasteiger charge is -2.26.